The molecule has 158 valence electrons. The Morgan fingerprint density at radius 3 is 2.28 bits per heavy atom. The molecule has 2 aliphatic heterocycles. The molecule has 0 unspecified atom stereocenters. The average Bonchev–Trinajstić information content (AvgIpc) is 3.22. The predicted octanol–water partition coefficient (Wildman–Crippen LogP) is 3.14. The monoisotopic (exact) mass is 429 g/mol. The number of benzene rings is 1. The minimum absolute atomic E-state index is 0.126. The number of nitrogens with zero attached hydrogens (tertiary/aromatic N) is 3. The van der Waals surface area contributed by atoms with Gasteiger partial charge in [0.05, 0.1) is 12.1 Å². The Balaban J connectivity index is 1.52. The van der Waals surface area contributed by atoms with E-state index >= 15 is 0 Å². The van der Waals surface area contributed by atoms with Crippen molar-refractivity contribution in [1.82, 2.24) is 14.7 Å². The number of hydrogen-bond acceptors (Lipinski definition) is 3. The summed E-state index contributed by atoms with van der Waals surface area (Å²) in [5.74, 6) is -0.162. The van der Waals surface area contributed by atoms with Crippen molar-refractivity contribution in [2.24, 2.45) is 0 Å². The molecule has 2 amide bonds. The zero-order valence-electron chi connectivity index (χ0n) is 15.9. The molecular weight excluding hydrogens is 407 g/mol. The summed E-state index contributed by atoms with van der Waals surface area (Å²) in [5, 5.41) is 0.146. The maximum Gasteiger partial charge on any atom is 0.416 e. The van der Waals surface area contributed by atoms with E-state index < -0.39 is 11.7 Å². The van der Waals surface area contributed by atoms with Crippen LogP contribution >= 0.6 is 11.6 Å². The molecule has 2 aliphatic rings. The van der Waals surface area contributed by atoms with Crippen LogP contribution in [0.5, 0.6) is 0 Å². The largest absolute Gasteiger partial charge is 0.416 e. The van der Waals surface area contributed by atoms with Crippen LogP contribution in [-0.2, 0) is 15.8 Å². The molecule has 1 aromatic rings. The van der Waals surface area contributed by atoms with Crippen LogP contribution in [0.3, 0.4) is 0 Å². The van der Waals surface area contributed by atoms with Crippen molar-refractivity contribution in [3.05, 3.63) is 40.4 Å². The van der Waals surface area contributed by atoms with E-state index in [-0.39, 0.29) is 22.4 Å². The van der Waals surface area contributed by atoms with Gasteiger partial charge in [0.1, 0.15) is 0 Å². The number of likely N-dealkylation sites (tertiary alicyclic amines) is 1. The Bertz CT molecular complexity index is 784. The summed E-state index contributed by atoms with van der Waals surface area (Å²) in [4.78, 5) is 30.1. The average molecular weight is 430 g/mol. The van der Waals surface area contributed by atoms with E-state index in [1.54, 1.807) is 4.90 Å². The van der Waals surface area contributed by atoms with Crippen molar-refractivity contribution in [2.75, 3.05) is 45.8 Å². The van der Waals surface area contributed by atoms with Crippen LogP contribution in [0.15, 0.2) is 24.3 Å². The predicted molar refractivity (Wildman–Crippen MR) is 104 cm³/mol. The first-order valence-corrected chi connectivity index (χ1v) is 9.96. The Kier molecular flexibility index (Phi) is 6.85. The van der Waals surface area contributed by atoms with E-state index in [9.17, 15) is 22.8 Å². The topological polar surface area (TPSA) is 43.9 Å². The second-order valence-electron chi connectivity index (χ2n) is 7.26. The molecule has 0 aliphatic carbocycles. The van der Waals surface area contributed by atoms with Gasteiger partial charge in [-0.1, -0.05) is 11.6 Å². The van der Waals surface area contributed by atoms with Gasteiger partial charge in [-0.25, -0.2) is 0 Å². The molecule has 0 spiro atoms. The van der Waals surface area contributed by atoms with Crippen LogP contribution in [0.4, 0.5) is 13.2 Å². The molecule has 2 heterocycles. The third kappa shape index (κ3) is 5.73. The lowest BCUT2D eigenvalue weighted by Gasteiger charge is -2.34. The highest BCUT2D eigenvalue weighted by Crippen LogP contribution is 2.32. The number of carbonyl (C=O) groups is 2. The second kappa shape index (κ2) is 9.17. The minimum Gasteiger partial charge on any atom is -0.342 e. The van der Waals surface area contributed by atoms with Crippen molar-refractivity contribution < 1.29 is 22.8 Å². The fourth-order valence-corrected chi connectivity index (χ4v) is 3.68. The first kappa shape index (κ1) is 21.6. The SMILES string of the molecule is O=C(/C=C/c1cc(C(F)(F)F)ccc1Cl)N1CCN(CC(=O)N2CCCC2)CC1. The lowest BCUT2D eigenvalue weighted by molar-refractivity contribution is -0.137. The van der Waals surface area contributed by atoms with Crippen LogP contribution in [0.25, 0.3) is 6.08 Å². The van der Waals surface area contributed by atoms with Gasteiger partial charge in [-0.05, 0) is 42.7 Å². The van der Waals surface area contributed by atoms with Crippen LogP contribution in [0.1, 0.15) is 24.0 Å². The number of alkyl halides is 3. The first-order chi connectivity index (χ1) is 13.7. The highest BCUT2D eigenvalue weighted by atomic mass is 35.5. The fraction of sp³-hybridized carbons (Fsp3) is 0.500. The number of amides is 2. The molecule has 3 rings (SSSR count). The van der Waals surface area contributed by atoms with Gasteiger partial charge in [0.2, 0.25) is 11.8 Å². The third-order valence-corrected chi connectivity index (χ3v) is 5.57. The molecule has 1 aromatic carbocycles. The minimum atomic E-state index is -4.47. The molecule has 0 bridgehead atoms. The van der Waals surface area contributed by atoms with Gasteiger partial charge in [-0.15, -0.1) is 0 Å². The summed E-state index contributed by atoms with van der Waals surface area (Å²) >= 11 is 5.95. The van der Waals surface area contributed by atoms with Crippen molar-refractivity contribution in [3.8, 4) is 0 Å². The third-order valence-electron chi connectivity index (χ3n) is 5.23. The fourth-order valence-electron chi connectivity index (χ4n) is 3.50. The van der Waals surface area contributed by atoms with Crippen molar-refractivity contribution in [3.63, 3.8) is 0 Å². The quantitative estimate of drug-likeness (QED) is 0.691. The standard InChI is InChI=1S/C20H23ClF3N3O2/c21-17-5-4-16(20(22,23)24)13-15(17)3-6-18(28)27-11-9-25(10-12-27)14-19(29)26-7-1-2-8-26/h3-6,13H,1-2,7-12,14H2/b6-3+. The normalized spacial score (nSPS) is 18.6. The number of carbonyl (C=O) groups excluding carboxylic acids is 2. The number of hydrogen-bond donors (Lipinski definition) is 0. The molecule has 9 heteroatoms. The summed E-state index contributed by atoms with van der Waals surface area (Å²) in [6, 6.07) is 3.00. The van der Waals surface area contributed by atoms with Gasteiger partial charge in [0.25, 0.3) is 0 Å². The highest BCUT2D eigenvalue weighted by molar-refractivity contribution is 6.32. The molecular formula is C20H23ClF3N3O2. The molecule has 29 heavy (non-hydrogen) atoms. The number of halogens is 4. The molecule has 0 radical (unpaired) electrons. The van der Waals surface area contributed by atoms with Crippen molar-refractivity contribution >= 4 is 29.5 Å². The molecule has 2 saturated heterocycles. The first-order valence-electron chi connectivity index (χ1n) is 9.58. The number of rotatable bonds is 4. The smallest absolute Gasteiger partial charge is 0.342 e. The molecule has 0 atom stereocenters. The summed E-state index contributed by atoms with van der Waals surface area (Å²) in [6.45, 7) is 4.10. The molecule has 2 fully saturated rings. The Hall–Kier alpha value is -2.06. The van der Waals surface area contributed by atoms with Gasteiger partial charge in [0.15, 0.2) is 0 Å². The van der Waals surface area contributed by atoms with Crippen molar-refractivity contribution in [2.45, 2.75) is 19.0 Å². The van der Waals surface area contributed by atoms with E-state index in [1.165, 1.54) is 18.2 Å². The van der Waals surface area contributed by atoms with E-state index in [1.807, 2.05) is 9.80 Å². The molecule has 5 nitrogen and oxygen atoms in total. The number of piperazine rings is 1. The molecule has 0 saturated carbocycles. The van der Waals surface area contributed by atoms with Gasteiger partial charge in [0, 0.05) is 50.4 Å². The summed E-state index contributed by atoms with van der Waals surface area (Å²) in [6.07, 6.45) is 0.183. The summed E-state index contributed by atoms with van der Waals surface area (Å²) in [5.41, 5.74) is -0.671. The van der Waals surface area contributed by atoms with Crippen LogP contribution in [-0.4, -0.2) is 72.3 Å². The van der Waals surface area contributed by atoms with E-state index in [0.29, 0.717) is 32.7 Å². The lowest BCUT2D eigenvalue weighted by atomic mass is 10.1. The van der Waals surface area contributed by atoms with E-state index in [4.69, 9.17) is 11.6 Å². The van der Waals surface area contributed by atoms with Crippen LogP contribution in [0, 0.1) is 0 Å². The van der Waals surface area contributed by atoms with Gasteiger partial charge in [-0.2, -0.15) is 13.2 Å². The summed E-state index contributed by atoms with van der Waals surface area (Å²) in [7, 11) is 0. The summed E-state index contributed by atoms with van der Waals surface area (Å²) < 4.78 is 38.5. The zero-order chi connectivity index (χ0) is 21.0. The van der Waals surface area contributed by atoms with Crippen LogP contribution in [0.2, 0.25) is 5.02 Å². The maximum absolute atomic E-state index is 12.8. The molecule has 0 aromatic heterocycles. The van der Waals surface area contributed by atoms with Crippen molar-refractivity contribution in [1.29, 1.82) is 0 Å². The van der Waals surface area contributed by atoms with E-state index in [2.05, 4.69) is 0 Å². The van der Waals surface area contributed by atoms with Crippen LogP contribution < -0.4 is 0 Å². The zero-order valence-corrected chi connectivity index (χ0v) is 16.7. The maximum atomic E-state index is 12.8. The van der Waals surface area contributed by atoms with E-state index in [0.717, 1.165) is 38.1 Å². The lowest BCUT2D eigenvalue weighted by Crippen LogP contribution is -2.51. The molecule has 0 N–H and O–H groups in total. The van der Waals surface area contributed by atoms with Gasteiger partial charge < -0.3 is 9.80 Å². The Morgan fingerprint density at radius 1 is 1.00 bits per heavy atom. The second-order valence-corrected chi connectivity index (χ2v) is 7.66. The highest BCUT2D eigenvalue weighted by Gasteiger charge is 2.30. The Labute approximate surface area is 172 Å². The Morgan fingerprint density at radius 2 is 1.66 bits per heavy atom. The van der Waals surface area contributed by atoms with Gasteiger partial charge in [-0.3, -0.25) is 14.5 Å². The van der Waals surface area contributed by atoms with Gasteiger partial charge >= 0.3 is 6.18 Å².